The van der Waals surface area contributed by atoms with E-state index >= 15 is 0 Å². The van der Waals surface area contributed by atoms with E-state index in [0.717, 1.165) is 12.8 Å². The number of nitrogens with one attached hydrogen (secondary N) is 1. The number of unbranched alkanes of at least 4 members (excludes halogenated alkanes) is 1. The topological polar surface area (TPSA) is 58.6 Å². The van der Waals surface area contributed by atoms with Crippen molar-refractivity contribution in [3.8, 4) is 0 Å². The minimum absolute atomic E-state index is 0.175. The van der Waals surface area contributed by atoms with Gasteiger partial charge in [-0.05, 0) is 13.3 Å². The van der Waals surface area contributed by atoms with E-state index < -0.39 is 6.10 Å². The van der Waals surface area contributed by atoms with Crippen molar-refractivity contribution < 1.29 is 14.6 Å². The molecule has 2 N–H and O–H groups in total. The van der Waals surface area contributed by atoms with Crippen molar-refractivity contribution in [2.45, 2.75) is 32.8 Å². The Morgan fingerprint density at radius 3 is 2.85 bits per heavy atom. The molecule has 0 aromatic heterocycles. The lowest BCUT2D eigenvalue weighted by molar-refractivity contribution is -0.142. The summed E-state index contributed by atoms with van der Waals surface area (Å²) in [5, 5.41) is 11.7. The molecule has 0 saturated heterocycles. The number of ether oxygens (including phenoxy) is 1. The van der Waals surface area contributed by atoms with Crippen LogP contribution in [0.2, 0.25) is 0 Å². The molecule has 0 amide bonds. The second-order valence-corrected chi connectivity index (χ2v) is 3.05. The van der Waals surface area contributed by atoms with Crippen LogP contribution in [0.5, 0.6) is 0 Å². The average Bonchev–Trinajstić information content (AvgIpc) is 2.04. The number of hydrogen-bond acceptors (Lipinski definition) is 4. The first-order valence-corrected chi connectivity index (χ1v) is 4.71. The van der Waals surface area contributed by atoms with Gasteiger partial charge in [-0.2, -0.15) is 0 Å². The van der Waals surface area contributed by atoms with Crippen molar-refractivity contribution in [2.24, 2.45) is 0 Å². The van der Waals surface area contributed by atoms with Gasteiger partial charge in [-0.25, -0.2) is 0 Å². The molecule has 0 fully saturated rings. The van der Waals surface area contributed by atoms with Crippen molar-refractivity contribution in [3.63, 3.8) is 0 Å². The second kappa shape index (κ2) is 8.01. The Morgan fingerprint density at radius 1 is 1.62 bits per heavy atom. The molecule has 13 heavy (non-hydrogen) atoms. The van der Waals surface area contributed by atoms with E-state index in [1.165, 1.54) is 0 Å². The highest BCUT2D eigenvalue weighted by atomic mass is 16.5. The Morgan fingerprint density at radius 2 is 2.31 bits per heavy atom. The summed E-state index contributed by atoms with van der Waals surface area (Å²) in [6.45, 7) is 4.79. The molecular formula is C9H19NO3. The van der Waals surface area contributed by atoms with Gasteiger partial charge < -0.3 is 15.2 Å². The lowest BCUT2D eigenvalue weighted by Crippen LogP contribution is -2.30. The molecule has 0 aliphatic heterocycles. The van der Waals surface area contributed by atoms with Crippen LogP contribution in [0, 0.1) is 0 Å². The fourth-order valence-electron chi connectivity index (χ4n) is 0.764. The molecule has 0 radical (unpaired) electrons. The number of carbonyl (C=O) groups is 1. The van der Waals surface area contributed by atoms with Crippen LogP contribution in [-0.4, -0.2) is 36.9 Å². The number of rotatable bonds is 7. The Balaban J connectivity index is 3.20. The quantitative estimate of drug-likeness (QED) is 0.447. The van der Waals surface area contributed by atoms with E-state index in [2.05, 4.69) is 5.32 Å². The van der Waals surface area contributed by atoms with E-state index in [1.54, 1.807) is 6.92 Å². The highest BCUT2D eigenvalue weighted by molar-refractivity contribution is 5.71. The highest BCUT2D eigenvalue weighted by Crippen LogP contribution is 1.87. The summed E-state index contributed by atoms with van der Waals surface area (Å²) < 4.78 is 4.88. The van der Waals surface area contributed by atoms with Crippen LogP contribution in [0.15, 0.2) is 0 Å². The van der Waals surface area contributed by atoms with Crippen LogP contribution < -0.4 is 5.32 Å². The van der Waals surface area contributed by atoms with Gasteiger partial charge in [0.05, 0.1) is 19.3 Å². The molecule has 4 nitrogen and oxygen atoms in total. The van der Waals surface area contributed by atoms with Crippen LogP contribution in [-0.2, 0) is 9.53 Å². The summed E-state index contributed by atoms with van der Waals surface area (Å²) in [6.07, 6.45) is 1.50. The van der Waals surface area contributed by atoms with Gasteiger partial charge in [0.2, 0.25) is 0 Å². The second-order valence-electron chi connectivity index (χ2n) is 3.05. The Labute approximate surface area is 79.3 Å². The summed E-state index contributed by atoms with van der Waals surface area (Å²) >= 11 is 0. The summed E-state index contributed by atoms with van der Waals surface area (Å²) in [7, 11) is 0. The van der Waals surface area contributed by atoms with Crippen LogP contribution in [0.4, 0.5) is 0 Å². The lowest BCUT2D eigenvalue weighted by atomic mass is 10.4. The molecule has 0 aliphatic rings. The first-order chi connectivity index (χ1) is 6.16. The zero-order valence-electron chi connectivity index (χ0n) is 8.38. The fraction of sp³-hybridized carbons (Fsp3) is 0.889. The van der Waals surface area contributed by atoms with Crippen LogP contribution in [0.3, 0.4) is 0 Å². The SMILES string of the molecule is CCCCOC(=O)CNC[C@H](C)O. The molecule has 0 unspecified atom stereocenters. The summed E-state index contributed by atoms with van der Waals surface area (Å²) in [5.74, 6) is -0.255. The molecule has 0 aromatic rings. The normalized spacial score (nSPS) is 12.5. The largest absolute Gasteiger partial charge is 0.465 e. The zero-order valence-corrected chi connectivity index (χ0v) is 8.38. The molecule has 0 aliphatic carbocycles. The summed E-state index contributed by atoms with van der Waals surface area (Å²) in [4.78, 5) is 10.9. The van der Waals surface area contributed by atoms with Gasteiger partial charge >= 0.3 is 5.97 Å². The summed E-state index contributed by atoms with van der Waals surface area (Å²) in [5.41, 5.74) is 0. The van der Waals surface area contributed by atoms with Crippen LogP contribution in [0.25, 0.3) is 0 Å². The predicted molar refractivity (Wildman–Crippen MR) is 50.4 cm³/mol. The maximum atomic E-state index is 10.9. The fourth-order valence-corrected chi connectivity index (χ4v) is 0.764. The molecule has 78 valence electrons. The van der Waals surface area contributed by atoms with Crippen molar-refractivity contribution in [1.82, 2.24) is 5.32 Å². The molecular weight excluding hydrogens is 170 g/mol. The van der Waals surface area contributed by atoms with E-state index in [-0.39, 0.29) is 12.5 Å². The Bertz CT molecular complexity index is 137. The number of aliphatic hydroxyl groups is 1. The predicted octanol–water partition coefficient (Wildman–Crippen LogP) is 0.300. The van der Waals surface area contributed by atoms with Crippen molar-refractivity contribution >= 4 is 5.97 Å². The maximum Gasteiger partial charge on any atom is 0.319 e. The number of esters is 1. The smallest absolute Gasteiger partial charge is 0.319 e. The molecule has 1 atom stereocenters. The summed E-state index contributed by atoms with van der Waals surface area (Å²) in [6, 6.07) is 0. The molecule has 0 rings (SSSR count). The standard InChI is InChI=1S/C9H19NO3/c1-3-4-5-13-9(12)7-10-6-8(2)11/h8,10-11H,3-7H2,1-2H3/t8-/m0/s1. The Hall–Kier alpha value is -0.610. The Kier molecular flexibility index (Phi) is 7.63. The van der Waals surface area contributed by atoms with Crippen molar-refractivity contribution in [3.05, 3.63) is 0 Å². The van der Waals surface area contributed by atoms with Gasteiger partial charge in [0.1, 0.15) is 0 Å². The number of aliphatic hydroxyl groups excluding tert-OH is 1. The minimum Gasteiger partial charge on any atom is -0.465 e. The van der Waals surface area contributed by atoms with Crippen molar-refractivity contribution in [1.29, 1.82) is 0 Å². The average molecular weight is 189 g/mol. The molecule has 0 heterocycles. The van der Waals surface area contributed by atoms with Gasteiger partial charge in [0.15, 0.2) is 0 Å². The van der Waals surface area contributed by atoms with E-state index in [1.807, 2.05) is 6.92 Å². The third-order valence-electron chi connectivity index (χ3n) is 1.47. The van der Waals surface area contributed by atoms with Gasteiger partial charge in [-0.15, -0.1) is 0 Å². The zero-order chi connectivity index (χ0) is 10.1. The van der Waals surface area contributed by atoms with Crippen LogP contribution in [0.1, 0.15) is 26.7 Å². The number of hydrogen-bond donors (Lipinski definition) is 2. The third kappa shape index (κ3) is 9.30. The first kappa shape index (κ1) is 12.4. The monoisotopic (exact) mass is 189 g/mol. The van der Waals surface area contributed by atoms with E-state index in [0.29, 0.717) is 13.2 Å². The van der Waals surface area contributed by atoms with Crippen LogP contribution >= 0.6 is 0 Å². The lowest BCUT2D eigenvalue weighted by Gasteiger charge is -2.06. The third-order valence-corrected chi connectivity index (χ3v) is 1.47. The number of carbonyl (C=O) groups excluding carboxylic acids is 1. The molecule has 0 aromatic carbocycles. The maximum absolute atomic E-state index is 10.9. The van der Waals surface area contributed by atoms with Gasteiger partial charge in [-0.1, -0.05) is 13.3 Å². The molecule has 0 spiro atoms. The van der Waals surface area contributed by atoms with E-state index in [4.69, 9.17) is 9.84 Å². The molecule has 0 saturated carbocycles. The van der Waals surface area contributed by atoms with E-state index in [9.17, 15) is 4.79 Å². The minimum atomic E-state index is -0.427. The molecule has 4 heteroatoms. The molecule has 0 bridgehead atoms. The first-order valence-electron chi connectivity index (χ1n) is 4.71. The highest BCUT2D eigenvalue weighted by Gasteiger charge is 2.02. The van der Waals surface area contributed by atoms with Gasteiger partial charge in [0, 0.05) is 6.54 Å². The van der Waals surface area contributed by atoms with Crippen molar-refractivity contribution in [2.75, 3.05) is 19.7 Å². The van der Waals surface area contributed by atoms with Gasteiger partial charge in [-0.3, -0.25) is 4.79 Å². The van der Waals surface area contributed by atoms with Gasteiger partial charge in [0.25, 0.3) is 0 Å².